The van der Waals surface area contributed by atoms with Gasteiger partial charge >= 0.3 is 5.97 Å². The van der Waals surface area contributed by atoms with Gasteiger partial charge in [0.05, 0.1) is 5.25 Å². The van der Waals surface area contributed by atoms with Gasteiger partial charge in [-0.1, -0.05) is 18.5 Å². The normalized spacial score (nSPS) is 23.1. The molecular weight excluding hydrogens is 310 g/mol. The van der Waals surface area contributed by atoms with E-state index in [0.29, 0.717) is 11.6 Å². The first-order valence-electron chi connectivity index (χ1n) is 6.85. The van der Waals surface area contributed by atoms with Gasteiger partial charge in [-0.25, -0.2) is 4.79 Å². The second-order valence-electron chi connectivity index (χ2n) is 5.29. The molecule has 1 fully saturated rings. The van der Waals surface area contributed by atoms with E-state index in [1.807, 2.05) is 26.0 Å². The minimum atomic E-state index is -0.919. The van der Waals surface area contributed by atoms with Crippen molar-refractivity contribution in [3.63, 3.8) is 0 Å². The van der Waals surface area contributed by atoms with E-state index in [1.54, 1.807) is 12.1 Å². The zero-order chi connectivity index (χ0) is 15.6. The minimum Gasteiger partial charge on any atom is -0.480 e. The van der Waals surface area contributed by atoms with Crippen LogP contribution in [0.25, 0.3) is 0 Å². The van der Waals surface area contributed by atoms with Gasteiger partial charge in [-0.15, -0.1) is 11.8 Å². The molecule has 0 aliphatic carbocycles. The number of hydrogen-bond donors (Lipinski definition) is 1. The van der Waals surface area contributed by atoms with Crippen molar-refractivity contribution in [3.05, 3.63) is 29.3 Å². The summed E-state index contributed by atoms with van der Waals surface area (Å²) in [6, 6.07) is 6.57. The van der Waals surface area contributed by atoms with Crippen LogP contribution in [0.1, 0.15) is 20.3 Å². The number of benzene rings is 1. The number of thioether (sulfide) groups is 1. The van der Waals surface area contributed by atoms with E-state index in [0.717, 1.165) is 11.3 Å². The average molecular weight is 328 g/mol. The van der Waals surface area contributed by atoms with Crippen molar-refractivity contribution in [1.29, 1.82) is 0 Å². The predicted octanol–water partition coefficient (Wildman–Crippen LogP) is 3.14. The van der Waals surface area contributed by atoms with Crippen molar-refractivity contribution in [1.82, 2.24) is 4.90 Å². The molecule has 0 bridgehead atoms. The first-order chi connectivity index (χ1) is 9.90. The molecule has 1 aliphatic rings. The number of carboxylic acid groups (broad SMARTS) is 1. The van der Waals surface area contributed by atoms with Crippen molar-refractivity contribution in [2.45, 2.75) is 36.5 Å². The summed E-state index contributed by atoms with van der Waals surface area (Å²) in [7, 11) is 0. The summed E-state index contributed by atoms with van der Waals surface area (Å²) < 4.78 is 0. The number of halogens is 1. The number of amides is 1. The molecule has 0 radical (unpaired) electrons. The fourth-order valence-electron chi connectivity index (χ4n) is 2.57. The molecule has 114 valence electrons. The number of aliphatic carboxylic acids is 1. The largest absolute Gasteiger partial charge is 0.480 e. The van der Waals surface area contributed by atoms with Crippen LogP contribution >= 0.6 is 23.4 Å². The highest BCUT2D eigenvalue weighted by molar-refractivity contribution is 8.00. The van der Waals surface area contributed by atoms with Crippen LogP contribution in [0.2, 0.25) is 5.02 Å². The number of rotatable bonds is 4. The predicted molar refractivity (Wildman–Crippen MR) is 83.7 cm³/mol. The number of carbonyl (C=O) groups excluding carboxylic acids is 1. The summed E-state index contributed by atoms with van der Waals surface area (Å²) in [5.74, 6) is -1.04. The number of carbonyl (C=O) groups is 2. The molecule has 1 aromatic rings. The molecule has 3 unspecified atom stereocenters. The van der Waals surface area contributed by atoms with Crippen molar-refractivity contribution >= 4 is 35.2 Å². The zero-order valence-corrected chi connectivity index (χ0v) is 13.5. The van der Waals surface area contributed by atoms with Gasteiger partial charge in [0.2, 0.25) is 5.91 Å². The first kappa shape index (κ1) is 16.2. The maximum Gasteiger partial charge on any atom is 0.326 e. The van der Waals surface area contributed by atoms with Gasteiger partial charge in [0.1, 0.15) is 6.04 Å². The van der Waals surface area contributed by atoms with Gasteiger partial charge in [0.25, 0.3) is 0 Å². The average Bonchev–Trinajstić information content (AvgIpc) is 2.82. The SMILES string of the molecule is CC(Sc1ccc(Cl)cc1)C(=O)N1CCC(C)C1C(=O)O. The summed E-state index contributed by atoms with van der Waals surface area (Å²) in [5, 5.41) is 9.62. The van der Waals surface area contributed by atoms with Crippen molar-refractivity contribution in [2.24, 2.45) is 5.92 Å². The number of carboxylic acids is 1. The van der Waals surface area contributed by atoms with Crippen LogP contribution in [0.4, 0.5) is 0 Å². The molecule has 4 nitrogen and oxygen atoms in total. The lowest BCUT2D eigenvalue weighted by molar-refractivity contribution is -0.149. The van der Waals surface area contributed by atoms with Gasteiger partial charge in [0.15, 0.2) is 0 Å². The Bertz CT molecular complexity index is 534. The Labute approximate surface area is 133 Å². The number of hydrogen-bond acceptors (Lipinski definition) is 3. The Balaban J connectivity index is 2.05. The molecule has 1 N–H and O–H groups in total. The van der Waals surface area contributed by atoms with Gasteiger partial charge in [-0.2, -0.15) is 0 Å². The third kappa shape index (κ3) is 3.71. The van der Waals surface area contributed by atoms with E-state index in [-0.39, 0.29) is 17.1 Å². The molecular formula is C15H18ClNO3S. The summed E-state index contributed by atoms with van der Waals surface area (Å²) >= 11 is 7.25. The highest BCUT2D eigenvalue weighted by Gasteiger charge is 2.40. The molecule has 1 saturated heterocycles. The van der Waals surface area contributed by atoms with Gasteiger partial charge < -0.3 is 10.0 Å². The smallest absolute Gasteiger partial charge is 0.326 e. The topological polar surface area (TPSA) is 57.6 Å². The second kappa shape index (κ2) is 6.71. The lowest BCUT2D eigenvalue weighted by Gasteiger charge is -2.26. The lowest BCUT2D eigenvalue weighted by atomic mass is 10.0. The summed E-state index contributed by atoms with van der Waals surface area (Å²) in [6.45, 7) is 4.20. The summed E-state index contributed by atoms with van der Waals surface area (Å²) in [6.07, 6.45) is 0.737. The molecule has 0 spiro atoms. The third-order valence-electron chi connectivity index (χ3n) is 3.71. The van der Waals surface area contributed by atoms with E-state index >= 15 is 0 Å². The van der Waals surface area contributed by atoms with Gasteiger partial charge in [0, 0.05) is 16.5 Å². The molecule has 6 heteroatoms. The van der Waals surface area contributed by atoms with Crippen LogP contribution < -0.4 is 0 Å². The fourth-order valence-corrected chi connectivity index (χ4v) is 3.64. The van der Waals surface area contributed by atoms with E-state index in [4.69, 9.17) is 11.6 Å². The molecule has 1 amide bonds. The first-order valence-corrected chi connectivity index (χ1v) is 8.11. The second-order valence-corrected chi connectivity index (χ2v) is 7.15. The van der Waals surface area contributed by atoms with Crippen LogP contribution in [0.5, 0.6) is 0 Å². The number of nitrogens with zero attached hydrogens (tertiary/aromatic N) is 1. The van der Waals surface area contributed by atoms with Crippen LogP contribution in [0, 0.1) is 5.92 Å². The number of likely N-dealkylation sites (tertiary alicyclic amines) is 1. The zero-order valence-electron chi connectivity index (χ0n) is 12.0. The van der Waals surface area contributed by atoms with Crippen LogP contribution in [-0.2, 0) is 9.59 Å². The molecule has 1 aliphatic heterocycles. The van der Waals surface area contributed by atoms with E-state index < -0.39 is 12.0 Å². The molecule has 1 heterocycles. The lowest BCUT2D eigenvalue weighted by Crippen LogP contribution is -2.45. The van der Waals surface area contributed by atoms with E-state index in [9.17, 15) is 14.7 Å². The highest BCUT2D eigenvalue weighted by Crippen LogP contribution is 2.30. The quantitative estimate of drug-likeness (QED) is 0.863. The molecule has 0 saturated carbocycles. The van der Waals surface area contributed by atoms with E-state index in [2.05, 4.69) is 0 Å². The summed E-state index contributed by atoms with van der Waals surface area (Å²) in [5.41, 5.74) is 0. The molecule has 3 atom stereocenters. The van der Waals surface area contributed by atoms with Gasteiger partial charge in [-0.3, -0.25) is 4.79 Å². The third-order valence-corrected chi connectivity index (χ3v) is 5.06. The molecule has 2 rings (SSSR count). The van der Waals surface area contributed by atoms with Crippen molar-refractivity contribution in [2.75, 3.05) is 6.54 Å². The highest BCUT2D eigenvalue weighted by atomic mass is 35.5. The van der Waals surface area contributed by atoms with Crippen LogP contribution in [0.15, 0.2) is 29.2 Å². The Morgan fingerprint density at radius 2 is 2.00 bits per heavy atom. The van der Waals surface area contributed by atoms with Crippen molar-refractivity contribution in [3.8, 4) is 0 Å². The van der Waals surface area contributed by atoms with Crippen molar-refractivity contribution < 1.29 is 14.7 Å². The summed E-state index contributed by atoms with van der Waals surface area (Å²) in [4.78, 5) is 26.3. The maximum absolute atomic E-state index is 12.5. The Hall–Kier alpha value is -1.20. The molecule has 21 heavy (non-hydrogen) atoms. The van der Waals surface area contributed by atoms with Crippen LogP contribution in [0.3, 0.4) is 0 Å². The Morgan fingerprint density at radius 1 is 1.38 bits per heavy atom. The molecule has 0 aromatic heterocycles. The van der Waals surface area contributed by atoms with Crippen LogP contribution in [-0.4, -0.2) is 39.7 Å². The van der Waals surface area contributed by atoms with Gasteiger partial charge in [-0.05, 0) is 43.5 Å². The standard InChI is InChI=1S/C15H18ClNO3S/c1-9-7-8-17(13(9)15(19)20)14(18)10(2)21-12-5-3-11(16)4-6-12/h3-6,9-10,13H,7-8H2,1-2H3,(H,19,20). The maximum atomic E-state index is 12.5. The monoisotopic (exact) mass is 327 g/mol. The Morgan fingerprint density at radius 3 is 2.57 bits per heavy atom. The minimum absolute atomic E-state index is 0.000758. The molecule has 1 aromatic carbocycles. The van der Waals surface area contributed by atoms with E-state index in [1.165, 1.54) is 16.7 Å². The Kier molecular flexibility index (Phi) is 5.17. The fraction of sp³-hybridized carbons (Fsp3) is 0.467.